The molecule has 0 aliphatic carbocycles. The first-order valence-corrected chi connectivity index (χ1v) is 12.5. The molecule has 2 saturated heterocycles. The van der Waals surface area contributed by atoms with E-state index in [1.165, 1.54) is 8.99 Å². The van der Waals surface area contributed by atoms with Gasteiger partial charge in [0.2, 0.25) is 21.8 Å². The van der Waals surface area contributed by atoms with Gasteiger partial charge in [-0.2, -0.15) is 9.40 Å². The number of carbonyl (C=O) groups is 2. The summed E-state index contributed by atoms with van der Waals surface area (Å²) in [6.45, 7) is 11.2. The first-order valence-electron chi connectivity index (χ1n) is 11.0. The minimum Gasteiger partial charge on any atom is -0.350 e. The number of aryl methyl sites for hydroxylation is 1. The number of nitrogens with one attached hydrogen (secondary N) is 1. The van der Waals surface area contributed by atoms with Crippen LogP contribution in [0.3, 0.4) is 0 Å². The molecule has 0 bridgehead atoms. The fourth-order valence-corrected chi connectivity index (χ4v) is 6.31. The van der Waals surface area contributed by atoms with Gasteiger partial charge in [-0.1, -0.05) is 0 Å². The molecular formula is C21H35N5O4S. The highest BCUT2D eigenvalue weighted by Crippen LogP contribution is 2.29. The number of hydrogen-bond donors (Lipinski definition) is 1. The molecule has 2 aliphatic heterocycles. The lowest BCUT2D eigenvalue weighted by molar-refractivity contribution is -0.135. The van der Waals surface area contributed by atoms with Crippen LogP contribution in [-0.2, 0) is 26.2 Å². The maximum absolute atomic E-state index is 13.4. The zero-order valence-corrected chi connectivity index (χ0v) is 20.1. The maximum Gasteiger partial charge on any atom is 0.246 e. The number of rotatable bonds is 5. The molecule has 174 valence electrons. The molecule has 0 unspecified atom stereocenters. The average molecular weight is 454 g/mol. The number of hydrogen-bond acceptors (Lipinski definition) is 5. The van der Waals surface area contributed by atoms with Gasteiger partial charge in [0.05, 0.1) is 11.4 Å². The molecule has 2 fully saturated rings. The predicted molar refractivity (Wildman–Crippen MR) is 117 cm³/mol. The topological polar surface area (TPSA) is 105 Å². The molecule has 0 spiro atoms. The molecular weight excluding hydrogens is 418 g/mol. The van der Waals surface area contributed by atoms with Crippen molar-refractivity contribution in [3.63, 3.8) is 0 Å². The van der Waals surface area contributed by atoms with Crippen LogP contribution in [0.4, 0.5) is 0 Å². The highest BCUT2D eigenvalue weighted by molar-refractivity contribution is 7.89. The van der Waals surface area contributed by atoms with Gasteiger partial charge in [0.1, 0.15) is 11.4 Å². The van der Waals surface area contributed by atoms with E-state index >= 15 is 0 Å². The Morgan fingerprint density at radius 2 is 1.65 bits per heavy atom. The third-order valence-corrected chi connectivity index (χ3v) is 8.09. The summed E-state index contributed by atoms with van der Waals surface area (Å²) < 4.78 is 29.6. The zero-order valence-electron chi connectivity index (χ0n) is 19.3. The summed E-state index contributed by atoms with van der Waals surface area (Å²) in [6.07, 6.45) is 3.17. The van der Waals surface area contributed by atoms with Gasteiger partial charge in [-0.25, -0.2) is 8.42 Å². The molecule has 1 N–H and O–H groups in total. The fourth-order valence-electron chi connectivity index (χ4n) is 4.47. The monoisotopic (exact) mass is 453 g/mol. The number of piperidine rings is 1. The second-order valence-corrected chi connectivity index (χ2v) is 11.5. The van der Waals surface area contributed by atoms with Crippen LogP contribution in [0.5, 0.6) is 0 Å². The van der Waals surface area contributed by atoms with Crippen LogP contribution in [-0.4, -0.2) is 70.9 Å². The number of carbonyl (C=O) groups excluding carboxylic acids is 2. The summed E-state index contributed by atoms with van der Waals surface area (Å²) in [4.78, 5) is 27.0. The third-order valence-electron chi connectivity index (χ3n) is 5.94. The number of sulfonamides is 1. The van der Waals surface area contributed by atoms with E-state index in [2.05, 4.69) is 10.4 Å². The predicted octanol–water partition coefficient (Wildman–Crippen LogP) is 1.44. The summed E-state index contributed by atoms with van der Waals surface area (Å²) in [5.74, 6) is -0.154. The van der Waals surface area contributed by atoms with E-state index in [4.69, 9.17) is 0 Å². The molecule has 2 amide bonds. The average Bonchev–Trinajstić information content (AvgIpc) is 3.28. The van der Waals surface area contributed by atoms with Crippen molar-refractivity contribution in [2.75, 3.05) is 26.2 Å². The molecule has 3 heterocycles. The summed E-state index contributed by atoms with van der Waals surface area (Å²) in [5.41, 5.74) is 0.465. The van der Waals surface area contributed by atoms with Crippen molar-refractivity contribution in [3.8, 4) is 0 Å². The molecule has 0 aromatic carbocycles. The summed E-state index contributed by atoms with van der Waals surface area (Å²) in [7, 11) is -3.75. The molecule has 0 atom stereocenters. The van der Waals surface area contributed by atoms with Crippen molar-refractivity contribution in [2.24, 2.45) is 5.92 Å². The van der Waals surface area contributed by atoms with Crippen LogP contribution in [0.1, 0.15) is 57.8 Å². The van der Waals surface area contributed by atoms with Gasteiger partial charge in [-0.3, -0.25) is 14.3 Å². The Bertz CT molecular complexity index is 934. The Kier molecular flexibility index (Phi) is 6.81. The fraction of sp³-hybridized carbons (Fsp3) is 0.762. The van der Waals surface area contributed by atoms with E-state index in [0.717, 1.165) is 25.9 Å². The van der Waals surface area contributed by atoms with Crippen molar-refractivity contribution in [3.05, 3.63) is 11.4 Å². The Morgan fingerprint density at radius 3 is 2.19 bits per heavy atom. The van der Waals surface area contributed by atoms with E-state index < -0.39 is 10.0 Å². The smallest absolute Gasteiger partial charge is 0.246 e. The summed E-state index contributed by atoms with van der Waals surface area (Å²) in [5, 5.41) is 7.19. The normalized spacial score (nSPS) is 19.1. The van der Waals surface area contributed by atoms with Crippen molar-refractivity contribution in [1.29, 1.82) is 0 Å². The molecule has 3 rings (SSSR count). The minimum atomic E-state index is -3.75. The SMILES string of the molecule is Cc1nn(CC(=O)NC(C)(C)C)c(C)c1S(=O)(=O)N1CCC(C(=O)N2CCCC2)CC1. The van der Waals surface area contributed by atoms with Crippen LogP contribution < -0.4 is 5.32 Å². The standard InChI is InChI=1S/C21H35N5O4S/c1-15-19(16(2)26(23-15)14-18(27)22-21(3,4)5)31(29,30)25-12-8-17(9-13-25)20(28)24-10-6-7-11-24/h17H,6-14H2,1-5H3,(H,22,27). The van der Waals surface area contributed by atoms with Gasteiger partial charge in [0.15, 0.2) is 0 Å². The summed E-state index contributed by atoms with van der Waals surface area (Å²) >= 11 is 0. The van der Waals surface area contributed by atoms with Crippen LogP contribution in [0.15, 0.2) is 4.90 Å². The van der Waals surface area contributed by atoms with Crippen LogP contribution >= 0.6 is 0 Å². The highest BCUT2D eigenvalue weighted by atomic mass is 32.2. The molecule has 9 nitrogen and oxygen atoms in total. The number of likely N-dealkylation sites (tertiary alicyclic amines) is 1. The van der Waals surface area contributed by atoms with Crippen molar-refractivity contribution >= 4 is 21.8 Å². The molecule has 2 aliphatic rings. The van der Waals surface area contributed by atoms with Gasteiger partial charge >= 0.3 is 0 Å². The number of amides is 2. The third kappa shape index (κ3) is 5.28. The Morgan fingerprint density at radius 1 is 1.06 bits per heavy atom. The van der Waals surface area contributed by atoms with Crippen molar-refractivity contribution < 1.29 is 18.0 Å². The zero-order chi connectivity index (χ0) is 23.0. The second-order valence-electron chi connectivity index (χ2n) is 9.67. The number of nitrogens with zero attached hydrogens (tertiary/aromatic N) is 4. The van der Waals surface area contributed by atoms with Gasteiger partial charge in [-0.15, -0.1) is 0 Å². The molecule has 0 saturated carbocycles. The molecule has 1 aromatic rings. The molecule has 10 heteroatoms. The molecule has 0 radical (unpaired) electrons. The van der Waals surface area contributed by atoms with Crippen molar-refractivity contribution in [2.45, 2.75) is 77.3 Å². The lowest BCUT2D eigenvalue weighted by atomic mass is 9.97. The van der Waals surface area contributed by atoms with Gasteiger partial charge in [0, 0.05) is 37.6 Å². The van der Waals surface area contributed by atoms with Gasteiger partial charge in [-0.05, 0) is 60.3 Å². The van der Waals surface area contributed by atoms with Crippen molar-refractivity contribution in [1.82, 2.24) is 24.3 Å². The van der Waals surface area contributed by atoms with Crippen LogP contribution in [0, 0.1) is 19.8 Å². The Labute approximate surface area is 185 Å². The van der Waals surface area contributed by atoms with E-state index in [-0.39, 0.29) is 34.7 Å². The first-order chi connectivity index (χ1) is 14.4. The van der Waals surface area contributed by atoms with E-state index in [1.54, 1.807) is 13.8 Å². The molecule has 31 heavy (non-hydrogen) atoms. The maximum atomic E-state index is 13.4. The summed E-state index contributed by atoms with van der Waals surface area (Å²) in [6, 6.07) is 0. The quantitative estimate of drug-likeness (QED) is 0.726. The van der Waals surface area contributed by atoms with Gasteiger partial charge in [0.25, 0.3) is 0 Å². The Balaban J connectivity index is 1.70. The van der Waals surface area contributed by atoms with E-state index in [9.17, 15) is 18.0 Å². The van der Waals surface area contributed by atoms with Gasteiger partial charge < -0.3 is 10.2 Å². The number of aromatic nitrogens is 2. The largest absolute Gasteiger partial charge is 0.350 e. The van der Waals surface area contributed by atoms with E-state index in [0.29, 0.717) is 37.3 Å². The lowest BCUT2D eigenvalue weighted by Crippen LogP contribution is -2.44. The molecule has 1 aromatic heterocycles. The lowest BCUT2D eigenvalue weighted by Gasteiger charge is -2.32. The van der Waals surface area contributed by atoms with Crippen LogP contribution in [0.2, 0.25) is 0 Å². The first kappa shape index (κ1) is 23.7. The highest BCUT2D eigenvalue weighted by Gasteiger charge is 2.37. The Hall–Kier alpha value is -1.94. The second kappa shape index (κ2) is 8.90. The van der Waals surface area contributed by atoms with Crippen LogP contribution in [0.25, 0.3) is 0 Å². The minimum absolute atomic E-state index is 0.0358. The van der Waals surface area contributed by atoms with E-state index in [1.807, 2.05) is 25.7 Å².